The molecule has 0 radical (unpaired) electrons. The second kappa shape index (κ2) is 8.13. The van der Waals surface area contributed by atoms with Gasteiger partial charge in [0.25, 0.3) is 0 Å². The second-order valence-corrected chi connectivity index (χ2v) is 7.47. The van der Waals surface area contributed by atoms with Crippen LogP contribution < -0.4 is 0 Å². The van der Waals surface area contributed by atoms with Crippen LogP contribution in [-0.4, -0.2) is 4.57 Å². The van der Waals surface area contributed by atoms with Gasteiger partial charge in [-0.25, -0.2) is 4.39 Å². The van der Waals surface area contributed by atoms with Gasteiger partial charge in [-0.15, -0.1) is 0 Å². The van der Waals surface area contributed by atoms with Crippen molar-refractivity contribution < 1.29 is 4.39 Å². The highest BCUT2D eigenvalue weighted by Crippen LogP contribution is 2.30. The fraction of sp³-hybridized carbons (Fsp3) is 0.0417. The molecule has 0 aliphatic carbocycles. The maximum atomic E-state index is 13.2. The number of aromatic nitrogens is 1. The first-order valence-corrected chi connectivity index (χ1v) is 9.70. The number of para-hydroxylation sites is 1. The van der Waals surface area contributed by atoms with E-state index in [4.69, 9.17) is 23.2 Å². The number of halogens is 3. The van der Waals surface area contributed by atoms with Crippen LogP contribution in [0.4, 0.5) is 4.39 Å². The Morgan fingerprint density at radius 1 is 1.00 bits per heavy atom. The average molecular weight is 421 g/mol. The van der Waals surface area contributed by atoms with Gasteiger partial charge in [0.05, 0.1) is 21.7 Å². The van der Waals surface area contributed by atoms with Crippen molar-refractivity contribution in [2.24, 2.45) is 0 Å². The van der Waals surface area contributed by atoms with Gasteiger partial charge in [-0.2, -0.15) is 5.26 Å². The normalized spacial score (nSPS) is 11.6. The van der Waals surface area contributed by atoms with Gasteiger partial charge >= 0.3 is 0 Å². The number of hydrogen-bond acceptors (Lipinski definition) is 1. The molecule has 0 amide bonds. The first kappa shape index (κ1) is 19.3. The minimum Gasteiger partial charge on any atom is -0.342 e. The predicted molar refractivity (Wildman–Crippen MR) is 117 cm³/mol. The van der Waals surface area contributed by atoms with Crippen LogP contribution in [0.1, 0.15) is 16.7 Å². The maximum absolute atomic E-state index is 13.2. The summed E-state index contributed by atoms with van der Waals surface area (Å²) in [6.45, 7) is 0.600. The van der Waals surface area contributed by atoms with E-state index in [1.807, 2.05) is 36.5 Å². The van der Waals surface area contributed by atoms with E-state index in [-0.39, 0.29) is 5.82 Å². The lowest BCUT2D eigenvalue weighted by Crippen LogP contribution is -1.97. The summed E-state index contributed by atoms with van der Waals surface area (Å²) in [5, 5.41) is 11.6. The Kier molecular flexibility index (Phi) is 5.40. The molecule has 29 heavy (non-hydrogen) atoms. The van der Waals surface area contributed by atoms with Crippen molar-refractivity contribution in [3.05, 3.63) is 105 Å². The molecule has 1 aromatic heterocycles. The van der Waals surface area contributed by atoms with Gasteiger partial charge in [-0.05, 0) is 47.5 Å². The molecule has 5 heteroatoms. The number of hydrogen-bond donors (Lipinski definition) is 0. The van der Waals surface area contributed by atoms with E-state index in [9.17, 15) is 9.65 Å². The van der Waals surface area contributed by atoms with Crippen molar-refractivity contribution in [2.75, 3.05) is 0 Å². The summed E-state index contributed by atoms with van der Waals surface area (Å²) < 4.78 is 15.3. The third-order valence-electron chi connectivity index (χ3n) is 4.74. The van der Waals surface area contributed by atoms with Crippen molar-refractivity contribution in [2.45, 2.75) is 6.54 Å². The zero-order valence-corrected chi connectivity index (χ0v) is 16.8. The third-order valence-corrected chi connectivity index (χ3v) is 5.48. The molecule has 0 saturated heterocycles. The molecule has 0 aliphatic heterocycles. The van der Waals surface area contributed by atoms with Crippen LogP contribution in [0.5, 0.6) is 0 Å². The number of nitriles is 1. The van der Waals surface area contributed by atoms with Crippen LogP contribution in [-0.2, 0) is 6.54 Å². The molecule has 142 valence electrons. The van der Waals surface area contributed by atoms with E-state index < -0.39 is 0 Å². The standard InChI is InChI=1S/C24H15Cl2FN2/c25-22-10-7-17(12-23(22)26)18(13-28)11-19-15-29(24-4-2-1-3-21(19)24)14-16-5-8-20(27)9-6-16/h1-12,15H,14H2/b18-11+. The Balaban J connectivity index is 1.79. The van der Waals surface area contributed by atoms with Crippen molar-refractivity contribution in [3.63, 3.8) is 0 Å². The van der Waals surface area contributed by atoms with E-state index in [2.05, 4.69) is 10.6 Å². The highest BCUT2D eigenvalue weighted by Gasteiger charge is 2.10. The number of nitrogens with zero attached hydrogens (tertiary/aromatic N) is 2. The molecule has 0 bridgehead atoms. The van der Waals surface area contributed by atoms with Gasteiger partial charge < -0.3 is 4.57 Å². The molecule has 4 aromatic rings. The molecule has 0 unspecified atom stereocenters. The highest BCUT2D eigenvalue weighted by molar-refractivity contribution is 6.42. The van der Waals surface area contributed by atoms with Crippen molar-refractivity contribution >= 4 is 45.8 Å². The zero-order chi connectivity index (χ0) is 20.4. The van der Waals surface area contributed by atoms with E-state index in [1.165, 1.54) is 12.1 Å². The van der Waals surface area contributed by atoms with Crippen LogP contribution in [0.2, 0.25) is 10.0 Å². The lowest BCUT2D eigenvalue weighted by molar-refractivity contribution is 0.626. The average Bonchev–Trinajstić information content (AvgIpc) is 3.07. The number of allylic oxidation sites excluding steroid dienone is 1. The Hall–Kier alpha value is -3.06. The lowest BCUT2D eigenvalue weighted by Gasteiger charge is -2.05. The van der Waals surface area contributed by atoms with E-state index in [0.29, 0.717) is 27.7 Å². The molecule has 0 atom stereocenters. The summed E-state index contributed by atoms with van der Waals surface area (Å²) in [6.07, 6.45) is 3.85. The Bertz CT molecular complexity index is 1260. The number of fused-ring (bicyclic) bond motifs is 1. The maximum Gasteiger partial charge on any atom is 0.123 e. The summed E-state index contributed by atoms with van der Waals surface area (Å²) in [6, 6.07) is 21.9. The smallest absolute Gasteiger partial charge is 0.123 e. The van der Waals surface area contributed by atoms with Gasteiger partial charge in [0.2, 0.25) is 0 Å². The number of benzene rings is 3. The minimum absolute atomic E-state index is 0.255. The molecule has 1 heterocycles. The van der Waals surface area contributed by atoms with Crippen LogP contribution in [0.15, 0.2) is 72.9 Å². The van der Waals surface area contributed by atoms with Crippen molar-refractivity contribution in [3.8, 4) is 6.07 Å². The van der Waals surface area contributed by atoms with Crippen LogP contribution in [0.25, 0.3) is 22.6 Å². The molecule has 2 nitrogen and oxygen atoms in total. The fourth-order valence-corrected chi connectivity index (χ4v) is 3.60. The third kappa shape index (κ3) is 4.05. The Labute approximate surface area is 178 Å². The summed E-state index contributed by atoms with van der Waals surface area (Å²) in [5.74, 6) is -0.255. The van der Waals surface area contributed by atoms with E-state index in [1.54, 1.807) is 30.3 Å². The monoisotopic (exact) mass is 420 g/mol. The SMILES string of the molecule is N#C/C(=C\c1cn(Cc2ccc(F)cc2)c2ccccc12)c1ccc(Cl)c(Cl)c1. The minimum atomic E-state index is -0.255. The molecule has 0 aliphatic rings. The molecule has 0 N–H and O–H groups in total. The molecule has 4 rings (SSSR count). The summed E-state index contributed by atoms with van der Waals surface area (Å²) >= 11 is 12.1. The molecule has 3 aromatic carbocycles. The van der Waals surface area contributed by atoms with Crippen molar-refractivity contribution in [1.82, 2.24) is 4.57 Å². The quantitative estimate of drug-likeness (QED) is 0.320. The van der Waals surface area contributed by atoms with Gasteiger partial charge in [0, 0.05) is 29.2 Å². The lowest BCUT2D eigenvalue weighted by atomic mass is 10.0. The molecule has 0 saturated carbocycles. The first-order valence-electron chi connectivity index (χ1n) is 8.94. The molecular formula is C24H15Cl2FN2. The van der Waals surface area contributed by atoms with Gasteiger partial charge in [0.1, 0.15) is 5.82 Å². The predicted octanol–water partition coefficient (Wildman–Crippen LogP) is 7.20. The van der Waals surface area contributed by atoms with Gasteiger partial charge in [0.15, 0.2) is 0 Å². The molecule has 0 fully saturated rings. The van der Waals surface area contributed by atoms with Crippen molar-refractivity contribution in [1.29, 1.82) is 5.26 Å². The zero-order valence-electron chi connectivity index (χ0n) is 15.2. The fourth-order valence-electron chi connectivity index (χ4n) is 3.31. The van der Waals surface area contributed by atoms with Crippen LogP contribution >= 0.6 is 23.2 Å². The topological polar surface area (TPSA) is 28.7 Å². The number of rotatable bonds is 4. The van der Waals surface area contributed by atoms with Crippen LogP contribution in [0, 0.1) is 17.1 Å². The molecular weight excluding hydrogens is 406 g/mol. The van der Waals surface area contributed by atoms with E-state index >= 15 is 0 Å². The van der Waals surface area contributed by atoms with Gasteiger partial charge in [-0.1, -0.05) is 59.6 Å². The Morgan fingerprint density at radius 3 is 2.48 bits per heavy atom. The van der Waals surface area contributed by atoms with E-state index in [0.717, 1.165) is 22.0 Å². The molecule has 0 spiro atoms. The van der Waals surface area contributed by atoms with Gasteiger partial charge in [-0.3, -0.25) is 0 Å². The summed E-state index contributed by atoms with van der Waals surface area (Å²) in [7, 11) is 0. The highest BCUT2D eigenvalue weighted by atomic mass is 35.5. The Morgan fingerprint density at radius 2 is 1.76 bits per heavy atom. The summed E-state index contributed by atoms with van der Waals surface area (Å²) in [4.78, 5) is 0. The largest absolute Gasteiger partial charge is 0.342 e. The van der Waals surface area contributed by atoms with Crippen LogP contribution in [0.3, 0.4) is 0 Å². The first-order chi connectivity index (χ1) is 14.0. The second-order valence-electron chi connectivity index (χ2n) is 6.65. The summed E-state index contributed by atoms with van der Waals surface area (Å²) in [5.41, 5.74) is 4.15.